The molecule has 0 bridgehead atoms. The van der Waals surface area contributed by atoms with E-state index in [4.69, 9.17) is 17.3 Å². The Bertz CT molecular complexity index is 335. The zero-order valence-electron chi connectivity index (χ0n) is 8.31. The molecule has 0 aliphatic carbocycles. The number of aliphatic hydroxyl groups is 2. The Kier molecular flexibility index (Phi) is 4.28. The van der Waals surface area contributed by atoms with Crippen molar-refractivity contribution in [2.24, 2.45) is 0 Å². The number of aromatic nitrogens is 1. The molecule has 2 atom stereocenters. The highest BCUT2D eigenvalue weighted by Gasteiger charge is 2.18. The lowest BCUT2D eigenvalue weighted by Gasteiger charge is -2.17. The van der Waals surface area contributed by atoms with Gasteiger partial charge in [0.2, 0.25) is 0 Å². The van der Waals surface area contributed by atoms with Gasteiger partial charge in [0.25, 0.3) is 0 Å². The predicted octanol–water partition coefficient (Wildman–Crippen LogP) is -0.0691. The molecular weight excluding hydrogens is 218 g/mol. The Labute approximate surface area is 92.9 Å². The van der Waals surface area contributed by atoms with E-state index >= 15 is 0 Å². The van der Waals surface area contributed by atoms with Crippen LogP contribution < -0.4 is 11.1 Å². The minimum absolute atomic E-state index is 0.189. The lowest BCUT2D eigenvalue weighted by Crippen LogP contribution is -2.29. The van der Waals surface area contributed by atoms with Gasteiger partial charge in [-0.15, -0.1) is 0 Å². The number of nitrogens with one attached hydrogen (secondary N) is 1. The number of pyridine rings is 1. The highest BCUT2D eigenvalue weighted by molar-refractivity contribution is 6.31. The third-order valence-corrected chi connectivity index (χ3v) is 2.32. The van der Waals surface area contributed by atoms with Crippen LogP contribution >= 0.6 is 11.6 Å². The molecule has 6 heteroatoms. The van der Waals surface area contributed by atoms with E-state index in [9.17, 15) is 10.2 Å². The molecular formula is C9H14ClN3O2. The molecule has 1 heterocycles. The number of aliphatic hydroxyl groups excluding tert-OH is 2. The van der Waals surface area contributed by atoms with Gasteiger partial charge in [0, 0.05) is 18.3 Å². The predicted molar refractivity (Wildman–Crippen MR) is 58.6 cm³/mol. The Morgan fingerprint density at radius 2 is 2.27 bits per heavy atom. The van der Waals surface area contributed by atoms with Gasteiger partial charge in [-0.2, -0.15) is 0 Å². The van der Waals surface area contributed by atoms with Crippen LogP contribution in [0, 0.1) is 0 Å². The zero-order chi connectivity index (χ0) is 11.4. The van der Waals surface area contributed by atoms with Crippen LogP contribution in [-0.4, -0.2) is 34.9 Å². The average Bonchev–Trinajstić information content (AvgIpc) is 2.21. The molecule has 0 amide bonds. The molecule has 0 saturated carbocycles. The topological polar surface area (TPSA) is 91.4 Å². The highest BCUT2D eigenvalue weighted by atomic mass is 35.5. The molecule has 15 heavy (non-hydrogen) atoms. The Balaban J connectivity index is 2.81. The number of hydrogen-bond acceptors (Lipinski definition) is 5. The summed E-state index contributed by atoms with van der Waals surface area (Å²) < 4.78 is 0. The molecule has 0 aliphatic heterocycles. The molecule has 0 aliphatic rings. The van der Waals surface area contributed by atoms with Gasteiger partial charge in [-0.05, 0) is 13.1 Å². The van der Waals surface area contributed by atoms with E-state index < -0.39 is 12.2 Å². The molecule has 0 fully saturated rings. The first-order valence-corrected chi connectivity index (χ1v) is 4.85. The maximum Gasteiger partial charge on any atom is 0.151 e. The van der Waals surface area contributed by atoms with E-state index in [2.05, 4.69) is 10.3 Å². The molecule has 5 N–H and O–H groups in total. The van der Waals surface area contributed by atoms with Crippen LogP contribution in [0.4, 0.5) is 5.69 Å². The van der Waals surface area contributed by atoms with Crippen molar-refractivity contribution < 1.29 is 10.2 Å². The molecule has 0 saturated heterocycles. The maximum absolute atomic E-state index is 9.71. The monoisotopic (exact) mass is 231 g/mol. The van der Waals surface area contributed by atoms with Crippen LogP contribution in [0.15, 0.2) is 12.3 Å². The molecule has 84 valence electrons. The van der Waals surface area contributed by atoms with Gasteiger partial charge >= 0.3 is 0 Å². The summed E-state index contributed by atoms with van der Waals surface area (Å²) in [7, 11) is 1.68. The Hall–Kier alpha value is -0.880. The fourth-order valence-electron chi connectivity index (χ4n) is 1.19. The van der Waals surface area contributed by atoms with Crippen molar-refractivity contribution in [1.82, 2.24) is 10.3 Å². The van der Waals surface area contributed by atoms with Crippen LogP contribution in [0.1, 0.15) is 11.7 Å². The summed E-state index contributed by atoms with van der Waals surface area (Å²) >= 11 is 5.63. The number of anilines is 1. The second-order valence-electron chi connectivity index (χ2n) is 3.22. The van der Waals surface area contributed by atoms with Crippen molar-refractivity contribution in [3.63, 3.8) is 0 Å². The smallest absolute Gasteiger partial charge is 0.151 e. The average molecular weight is 232 g/mol. The van der Waals surface area contributed by atoms with E-state index in [-0.39, 0.29) is 17.4 Å². The molecule has 0 spiro atoms. The summed E-state index contributed by atoms with van der Waals surface area (Å²) in [6.07, 6.45) is -0.538. The number of rotatable bonds is 4. The summed E-state index contributed by atoms with van der Waals surface area (Å²) in [4.78, 5) is 3.79. The molecule has 5 nitrogen and oxygen atoms in total. The Morgan fingerprint density at radius 3 is 2.80 bits per heavy atom. The van der Waals surface area contributed by atoms with E-state index in [0.717, 1.165) is 0 Å². The van der Waals surface area contributed by atoms with Crippen molar-refractivity contribution in [2.75, 3.05) is 19.3 Å². The van der Waals surface area contributed by atoms with Crippen molar-refractivity contribution >= 4 is 17.3 Å². The van der Waals surface area contributed by atoms with Gasteiger partial charge in [0.15, 0.2) is 5.15 Å². The van der Waals surface area contributed by atoms with E-state index in [1.807, 2.05) is 0 Å². The molecule has 1 rings (SSSR count). The number of nitrogens with two attached hydrogens (primary N) is 1. The number of hydrogen-bond donors (Lipinski definition) is 4. The molecule has 1 aromatic heterocycles. The Morgan fingerprint density at radius 1 is 1.60 bits per heavy atom. The van der Waals surface area contributed by atoms with E-state index in [1.54, 1.807) is 7.05 Å². The quantitative estimate of drug-likeness (QED) is 0.545. The minimum atomic E-state index is -1.02. The molecule has 2 unspecified atom stereocenters. The zero-order valence-corrected chi connectivity index (χ0v) is 9.07. The van der Waals surface area contributed by atoms with Crippen LogP contribution in [0.25, 0.3) is 0 Å². The van der Waals surface area contributed by atoms with E-state index in [1.165, 1.54) is 12.3 Å². The highest BCUT2D eigenvalue weighted by Crippen LogP contribution is 2.22. The number of nitrogens with zero attached hydrogens (tertiary/aromatic N) is 1. The first-order valence-electron chi connectivity index (χ1n) is 4.48. The van der Waals surface area contributed by atoms with Gasteiger partial charge in [-0.25, -0.2) is 4.98 Å². The van der Waals surface area contributed by atoms with Gasteiger partial charge in [-0.3, -0.25) is 0 Å². The number of halogens is 1. The lowest BCUT2D eigenvalue weighted by molar-refractivity contribution is 0.0201. The number of nitrogen functional groups attached to an aromatic ring is 1. The second-order valence-corrected chi connectivity index (χ2v) is 3.58. The van der Waals surface area contributed by atoms with Crippen LogP contribution in [0.3, 0.4) is 0 Å². The molecule has 1 aromatic rings. The summed E-state index contributed by atoms with van der Waals surface area (Å²) in [5.41, 5.74) is 6.26. The molecule has 0 aromatic carbocycles. The van der Waals surface area contributed by atoms with Crippen LogP contribution in [0.2, 0.25) is 5.15 Å². The van der Waals surface area contributed by atoms with Gasteiger partial charge in [0.1, 0.15) is 6.10 Å². The SMILES string of the molecule is CNCC(O)C(O)c1cnc(Cl)c(N)c1. The third kappa shape index (κ3) is 3.04. The van der Waals surface area contributed by atoms with E-state index in [0.29, 0.717) is 5.56 Å². The minimum Gasteiger partial charge on any atom is -0.396 e. The maximum atomic E-state index is 9.71. The van der Waals surface area contributed by atoms with Gasteiger partial charge < -0.3 is 21.3 Å². The van der Waals surface area contributed by atoms with Crippen molar-refractivity contribution in [3.8, 4) is 0 Å². The fraction of sp³-hybridized carbons (Fsp3) is 0.444. The van der Waals surface area contributed by atoms with Crippen molar-refractivity contribution in [2.45, 2.75) is 12.2 Å². The lowest BCUT2D eigenvalue weighted by atomic mass is 10.1. The normalized spacial score (nSPS) is 14.9. The van der Waals surface area contributed by atoms with Gasteiger partial charge in [0.05, 0.1) is 11.8 Å². The second kappa shape index (κ2) is 5.27. The first-order chi connectivity index (χ1) is 7.06. The first kappa shape index (κ1) is 12.2. The largest absolute Gasteiger partial charge is 0.396 e. The van der Waals surface area contributed by atoms with Crippen molar-refractivity contribution in [1.29, 1.82) is 0 Å². The summed E-state index contributed by atoms with van der Waals surface area (Å²) in [6, 6.07) is 1.50. The summed E-state index contributed by atoms with van der Waals surface area (Å²) in [6.45, 7) is 0.281. The van der Waals surface area contributed by atoms with Gasteiger partial charge in [-0.1, -0.05) is 11.6 Å². The third-order valence-electron chi connectivity index (χ3n) is 2.01. The van der Waals surface area contributed by atoms with Crippen LogP contribution in [-0.2, 0) is 0 Å². The van der Waals surface area contributed by atoms with Crippen molar-refractivity contribution in [3.05, 3.63) is 23.0 Å². The fourth-order valence-corrected chi connectivity index (χ4v) is 1.29. The van der Waals surface area contributed by atoms with Crippen LogP contribution in [0.5, 0.6) is 0 Å². The standard InChI is InChI=1S/C9H14ClN3O2/c1-12-4-7(14)8(15)5-2-6(11)9(10)13-3-5/h2-3,7-8,12,14-15H,4,11H2,1H3. The molecule has 0 radical (unpaired) electrons. The summed E-state index contributed by atoms with van der Waals surface area (Å²) in [5, 5.41) is 22.2. The summed E-state index contributed by atoms with van der Waals surface area (Å²) in [5.74, 6) is 0. The number of likely N-dealkylation sites (N-methyl/N-ethyl adjacent to an activating group) is 1.